The zero-order valence-electron chi connectivity index (χ0n) is 6.09. The molecule has 1 aliphatic heterocycles. The molecule has 0 radical (unpaired) electrons. The van der Waals surface area contributed by atoms with Gasteiger partial charge in [0.15, 0.2) is 0 Å². The Hall–Kier alpha value is -0.120. The molecule has 1 rings (SSSR count). The number of likely N-dealkylation sites (tertiary alicyclic amines) is 1. The van der Waals surface area contributed by atoms with Crippen molar-refractivity contribution in [1.29, 1.82) is 0 Å². The summed E-state index contributed by atoms with van der Waals surface area (Å²) in [5.41, 5.74) is 5.73. The maximum absolute atomic E-state index is 5.73. The number of rotatable bonds is 1. The van der Waals surface area contributed by atoms with Crippen LogP contribution in [-0.2, 0) is 0 Å². The summed E-state index contributed by atoms with van der Waals surface area (Å²) in [6.45, 7) is 0. The Morgan fingerprint density at radius 3 is 2.44 bits per heavy atom. The van der Waals surface area contributed by atoms with Crippen molar-refractivity contribution in [3.05, 3.63) is 0 Å². The molecule has 2 atom stereocenters. The Morgan fingerprint density at radius 1 is 1.56 bits per heavy atom. The third-order valence-electron chi connectivity index (χ3n) is 2.08. The molecule has 0 aromatic rings. The van der Waals surface area contributed by atoms with Crippen LogP contribution in [0.2, 0.25) is 0 Å². The molecule has 0 amide bonds. The van der Waals surface area contributed by atoms with Gasteiger partial charge in [-0.05, 0) is 26.9 Å². The van der Waals surface area contributed by atoms with Crippen molar-refractivity contribution in [2.24, 2.45) is 5.73 Å². The molecule has 0 aliphatic carbocycles. The van der Waals surface area contributed by atoms with Gasteiger partial charge in [0.1, 0.15) is 0 Å². The quantitative estimate of drug-likeness (QED) is 0.503. The minimum absolute atomic E-state index is 0.266. The Labute approximate surface area is 56.2 Å². The van der Waals surface area contributed by atoms with Crippen LogP contribution in [0.15, 0.2) is 0 Å². The van der Waals surface area contributed by atoms with E-state index < -0.39 is 0 Å². The molecule has 3 N–H and O–H groups in total. The largest absolute Gasteiger partial charge is 0.316 e. The van der Waals surface area contributed by atoms with Crippen LogP contribution in [0, 0.1) is 0 Å². The standard InChI is InChI=1S/C6H15N3/c1-8-6-4-3-5(7)9(6)2/h5-6,8H,3-4,7H2,1-2H3. The van der Waals surface area contributed by atoms with Crippen LogP contribution in [0.1, 0.15) is 12.8 Å². The first-order chi connectivity index (χ1) is 4.25. The lowest BCUT2D eigenvalue weighted by molar-refractivity contribution is 0.222. The fourth-order valence-corrected chi connectivity index (χ4v) is 1.32. The first-order valence-electron chi connectivity index (χ1n) is 3.40. The van der Waals surface area contributed by atoms with Gasteiger partial charge in [-0.1, -0.05) is 0 Å². The summed E-state index contributed by atoms with van der Waals surface area (Å²) in [6, 6.07) is 0. The number of hydrogen-bond donors (Lipinski definition) is 2. The fourth-order valence-electron chi connectivity index (χ4n) is 1.32. The SMILES string of the molecule is CNC1CCC(N)N1C. The molecule has 0 spiro atoms. The zero-order chi connectivity index (χ0) is 6.85. The monoisotopic (exact) mass is 129 g/mol. The second-order valence-electron chi connectivity index (χ2n) is 2.61. The molecule has 1 heterocycles. The minimum atomic E-state index is 0.266. The minimum Gasteiger partial charge on any atom is -0.316 e. The molecule has 9 heavy (non-hydrogen) atoms. The van der Waals surface area contributed by atoms with Crippen LogP contribution in [0.3, 0.4) is 0 Å². The predicted molar refractivity (Wildman–Crippen MR) is 37.8 cm³/mol. The summed E-state index contributed by atoms with van der Waals surface area (Å²) in [7, 11) is 4.03. The number of hydrogen-bond acceptors (Lipinski definition) is 3. The van der Waals surface area contributed by atoms with E-state index in [1.165, 1.54) is 6.42 Å². The lowest BCUT2D eigenvalue weighted by atomic mass is 10.3. The van der Waals surface area contributed by atoms with Crippen LogP contribution in [-0.4, -0.2) is 31.3 Å². The molecule has 1 aliphatic rings. The third kappa shape index (κ3) is 1.23. The van der Waals surface area contributed by atoms with Gasteiger partial charge in [-0.2, -0.15) is 0 Å². The topological polar surface area (TPSA) is 41.3 Å². The van der Waals surface area contributed by atoms with Gasteiger partial charge in [0, 0.05) is 0 Å². The highest BCUT2D eigenvalue weighted by molar-refractivity contribution is 4.78. The van der Waals surface area contributed by atoms with Gasteiger partial charge in [-0.25, -0.2) is 0 Å². The molecule has 0 aromatic heterocycles. The summed E-state index contributed by atoms with van der Waals surface area (Å²) in [5, 5.41) is 3.19. The summed E-state index contributed by atoms with van der Waals surface area (Å²) in [6.07, 6.45) is 3.05. The van der Waals surface area contributed by atoms with E-state index in [2.05, 4.69) is 17.3 Å². The lowest BCUT2D eigenvalue weighted by Gasteiger charge is -2.21. The molecular formula is C6H15N3. The van der Waals surface area contributed by atoms with Gasteiger partial charge in [0.2, 0.25) is 0 Å². The molecule has 0 saturated carbocycles. The van der Waals surface area contributed by atoms with E-state index in [1.807, 2.05) is 7.05 Å². The van der Waals surface area contributed by atoms with E-state index in [0.717, 1.165) is 6.42 Å². The van der Waals surface area contributed by atoms with Crippen molar-refractivity contribution >= 4 is 0 Å². The van der Waals surface area contributed by atoms with Crippen LogP contribution in [0.25, 0.3) is 0 Å². The van der Waals surface area contributed by atoms with Gasteiger partial charge >= 0.3 is 0 Å². The highest BCUT2D eigenvalue weighted by atomic mass is 15.3. The first-order valence-corrected chi connectivity index (χ1v) is 3.40. The van der Waals surface area contributed by atoms with E-state index >= 15 is 0 Å². The first kappa shape index (κ1) is 6.99. The fraction of sp³-hybridized carbons (Fsp3) is 1.00. The molecule has 3 heteroatoms. The lowest BCUT2D eigenvalue weighted by Crippen LogP contribution is -2.43. The van der Waals surface area contributed by atoms with E-state index in [9.17, 15) is 0 Å². The second kappa shape index (κ2) is 2.64. The van der Waals surface area contributed by atoms with Gasteiger partial charge in [-0.15, -0.1) is 0 Å². The van der Waals surface area contributed by atoms with Gasteiger partial charge in [0.25, 0.3) is 0 Å². The molecule has 1 saturated heterocycles. The van der Waals surface area contributed by atoms with Crippen molar-refractivity contribution in [3.8, 4) is 0 Å². The molecule has 0 bridgehead atoms. The van der Waals surface area contributed by atoms with Crippen LogP contribution in [0.4, 0.5) is 0 Å². The normalized spacial score (nSPS) is 37.7. The molecule has 2 unspecified atom stereocenters. The maximum atomic E-state index is 5.73. The Kier molecular flexibility index (Phi) is 2.05. The van der Waals surface area contributed by atoms with E-state index in [0.29, 0.717) is 6.17 Å². The molecule has 1 fully saturated rings. The second-order valence-corrected chi connectivity index (χ2v) is 2.61. The smallest absolute Gasteiger partial charge is 0.0606 e. The average molecular weight is 129 g/mol. The molecular weight excluding hydrogens is 114 g/mol. The van der Waals surface area contributed by atoms with Crippen molar-refractivity contribution < 1.29 is 0 Å². The van der Waals surface area contributed by atoms with Crippen LogP contribution < -0.4 is 11.1 Å². The van der Waals surface area contributed by atoms with E-state index in [4.69, 9.17) is 5.73 Å². The average Bonchev–Trinajstić information content (AvgIpc) is 2.15. The third-order valence-corrected chi connectivity index (χ3v) is 2.08. The van der Waals surface area contributed by atoms with Crippen molar-refractivity contribution in [2.45, 2.75) is 25.2 Å². The van der Waals surface area contributed by atoms with Crippen molar-refractivity contribution in [1.82, 2.24) is 10.2 Å². The summed E-state index contributed by atoms with van der Waals surface area (Å²) in [4.78, 5) is 2.17. The number of nitrogens with two attached hydrogens (primary N) is 1. The molecule has 54 valence electrons. The van der Waals surface area contributed by atoms with Crippen LogP contribution in [0.5, 0.6) is 0 Å². The Balaban J connectivity index is 2.41. The zero-order valence-corrected chi connectivity index (χ0v) is 6.09. The van der Waals surface area contributed by atoms with Crippen molar-refractivity contribution in [3.63, 3.8) is 0 Å². The summed E-state index contributed by atoms with van der Waals surface area (Å²) >= 11 is 0. The summed E-state index contributed by atoms with van der Waals surface area (Å²) in [5.74, 6) is 0. The molecule has 3 nitrogen and oxygen atoms in total. The number of nitrogens with one attached hydrogen (secondary N) is 1. The maximum Gasteiger partial charge on any atom is 0.0606 e. The highest BCUT2D eigenvalue weighted by Crippen LogP contribution is 2.15. The molecule has 0 aromatic carbocycles. The van der Waals surface area contributed by atoms with Gasteiger partial charge < -0.3 is 11.1 Å². The van der Waals surface area contributed by atoms with Gasteiger partial charge in [0.05, 0.1) is 12.3 Å². The Morgan fingerprint density at radius 2 is 2.22 bits per heavy atom. The predicted octanol–water partition coefficient (Wildman–Crippen LogP) is -0.458. The Bertz CT molecular complexity index is 94.3. The van der Waals surface area contributed by atoms with Crippen LogP contribution >= 0.6 is 0 Å². The van der Waals surface area contributed by atoms with Gasteiger partial charge in [-0.3, -0.25) is 4.90 Å². The van der Waals surface area contributed by atoms with E-state index in [-0.39, 0.29) is 6.17 Å². The summed E-state index contributed by atoms with van der Waals surface area (Å²) < 4.78 is 0. The van der Waals surface area contributed by atoms with E-state index in [1.54, 1.807) is 0 Å². The van der Waals surface area contributed by atoms with Crippen molar-refractivity contribution in [2.75, 3.05) is 14.1 Å². The number of nitrogens with zero attached hydrogens (tertiary/aromatic N) is 1. The highest BCUT2D eigenvalue weighted by Gasteiger charge is 2.25.